The van der Waals surface area contributed by atoms with Crippen LogP contribution in [0.2, 0.25) is 0 Å². The Labute approximate surface area is 93.6 Å². The molecule has 2 N–H and O–H groups in total. The fourth-order valence-corrected chi connectivity index (χ4v) is 2.04. The minimum Gasteiger partial charge on any atom is -0.399 e. The van der Waals surface area contributed by atoms with E-state index in [0.717, 1.165) is 29.6 Å². The first kappa shape index (κ1) is 10.4. The summed E-state index contributed by atoms with van der Waals surface area (Å²) in [6, 6.07) is 5.92. The molecule has 80 valence electrons. The van der Waals surface area contributed by atoms with E-state index in [1.54, 1.807) is 0 Å². The van der Waals surface area contributed by atoms with Gasteiger partial charge >= 0.3 is 0 Å². The molecule has 0 amide bonds. The topological polar surface area (TPSA) is 43.8 Å². The van der Waals surface area contributed by atoms with Gasteiger partial charge in [-0.1, -0.05) is 0 Å². The Balaban J connectivity index is 2.23. The minimum atomic E-state index is 0.800. The molecule has 1 aromatic carbocycles. The summed E-state index contributed by atoms with van der Waals surface area (Å²) >= 11 is 1.87. The number of nitrogens with two attached hydrogens (primary N) is 1. The van der Waals surface area contributed by atoms with Gasteiger partial charge in [0.05, 0.1) is 11.7 Å². The zero-order valence-electron chi connectivity index (χ0n) is 8.81. The van der Waals surface area contributed by atoms with Gasteiger partial charge in [-0.3, -0.25) is 4.68 Å². The van der Waals surface area contributed by atoms with Crippen LogP contribution >= 0.6 is 11.8 Å². The van der Waals surface area contributed by atoms with Crippen LogP contribution in [0.3, 0.4) is 0 Å². The number of thioether (sulfide) groups is 1. The normalized spacial score (nSPS) is 11.0. The third-order valence-electron chi connectivity index (χ3n) is 2.39. The molecule has 0 fully saturated rings. The van der Waals surface area contributed by atoms with Crippen LogP contribution in [-0.4, -0.2) is 21.8 Å². The Kier molecular flexibility index (Phi) is 3.16. The molecule has 2 aromatic rings. The molecule has 0 atom stereocenters. The zero-order valence-corrected chi connectivity index (χ0v) is 9.63. The van der Waals surface area contributed by atoms with Crippen LogP contribution in [0, 0.1) is 0 Å². The molecule has 0 unspecified atom stereocenters. The second-order valence-electron chi connectivity index (χ2n) is 3.53. The van der Waals surface area contributed by atoms with Crippen molar-refractivity contribution in [2.75, 3.05) is 17.7 Å². The number of nitrogens with zero attached hydrogens (tertiary/aromatic N) is 2. The summed E-state index contributed by atoms with van der Waals surface area (Å²) in [6.45, 7) is 0.966. The highest BCUT2D eigenvalue weighted by Crippen LogP contribution is 2.17. The maximum Gasteiger partial charge on any atom is 0.0702 e. The molecule has 0 saturated carbocycles. The van der Waals surface area contributed by atoms with Crippen molar-refractivity contribution < 1.29 is 0 Å². The van der Waals surface area contributed by atoms with Crippen molar-refractivity contribution >= 4 is 28.4 Å². The Hall–Kier alpha value is -1.16. The van der Waals surface area contributed by atoms with Crippen LogP contribution in [-0.2, 0) is 6.54 Å². The van der Waals surface area contributed by atoms with Crippen molar-refractivity contribution in [1.82, 2.24) is 9.78 Å². The Morgan fingerprint density at radius 3 is 3.13 bits per heavy atom. The number of fused-ring (bicyclic) bond motifs is 1. The molecular weight excluding hydrogens is 206 g/mol. The first-order valence-corrected chi connectivity index (χ1v) is 6.40. The van der Waals surface area contributed by atoms with Crippen LogP contribution in [0.4, 0.5) is 5.69 Å². The Bertz CT molecular complexity index is 450. The van der Waals surface area contributed by atoms with Crippen LogP contribution in [0.1, 0.15) is 6.42 Å². The maximum atomic E-state index is 5.76. The van der Waals surface area contributed by atoms with E-state index in [0.29, 0.717) is 0 Å². The van der Waals surface area contributed by atoms with E-state index < -0.39 is 0 Å². The quantitative estimate of drug-likeness (QED) is 0.636. The minimum absolute atomic E-state index is 0.800. The van der Waals surface area contributed by atoms with Crippen molar-refractivity contribution in [3.63, 3.8) is 0 Å². The summed E-state index contributed by atoms with van der Waals surface area (Å²) in [7, 11) is 0. The predicted octanol–water partition coefficient (Wildman–Crippen LogP) is 2.37. The van der Waals surface area contributed by atoms with E-state index in [9.17, 15) is 0 Å². The van der Waals surface area contributed by atoms with E-state index in [1.807, 2.05) is 40.8 Å². The van der Waals surface area contributed by atoms with Gasteiger partial charge in [-0.25, -0.2) is 0 Å². The number of nitrogen functional groups attached to an aromatic ring is 1. The lowest BCUT2D eigenvalue weighted by Crippen LogP contribution is -2.01. The number of hydrogen-bond donors (Lipinski definition) is 1. The third kappa shape index (κ3) is 2.26. The largest absolute Gasteiger partial charge is 0.399 e. The van der Waals surface area contributed by atoms with Gasteiger partial charge in [0.25, 0.3) is 0 Å². The standard InChI is InChI=1S/C11H15N3S/c1-15-6-2-5-14-11-7-10(12)4-3-9(11)8-13-14/h3-4,7-8H,2,5-6,12H2,1H3. The molecule has 0 aliphatic carbocycles. The average molecular weight is 221 g/mol. The smallest absolute Gasteiger partial charge is 0.0702 e. The molecular formula is C11H15N3S. The van der Waals surface area contributed by atoms with Crippen LogP contribution < -0.4 is 5.73 Å². The fourth-order valence-electron chi connectivity index (χ4n) is 1.62. The number of aryl methyl sites for hydroxylation is 1. The van der Waals surface area contributed by atoms with Crippen molar-refractivity contribution in [1.29, 1.82) is 0 Å². The molecule has 0 aliphatic heterocycles. The van der Waals surface area contributed by atoms with Gasteiger partial charge < -0.3 is 5.73 Å². The lowest BCUT2D eigenvalue weighted by atomic mass is 10.2. The van der Waals surface area contributed by atoms with Gasteiger partial charge in [0.1, 0.15) is 0 Å². The molecule has 1 aromatic heterocycles. The van der Waals surface area contributed by atoms with Crippen molar-refractivity contribution in [3.8, 4) is 0 Å². The lowest BCUT2D eigenvalue weighted by molar-refractivity contribution is 0.626. The lowest BCUT2D eigenvalue weighted by Gasteiger charge is -2.02. The average Bonchev–Trinajstić information content (AvgIpc) is 2.62. The maximum absolute atomic E-state index is 5.76. The molecule has 0 radical (unpaired) electrons. The highest BCUT2D eigenvalue weighted by Gasteiger charge is 2.02. The first-order valence-electron chi connectivity index (χ1n) is 5.01. The number of rotatable bonds is 4. The summed E-state index contributed by atoms with van der Waals surface area (Å²) in [5.41, 5.74) is 7.70. The van der Waals surface area contributed by atoms with Gasteiger partial charge in [-0.05, 0) is 36.6 Å². The van der Waals surface area contributed by atoms with E-state index in [4.69, 9.17) is 5.73 Å². The van der Waals surface area contributed by atoms with Gasteiger partial charge in [0, 0.05) is 17.6 Å². The second-order valence-corrected chi connectivity index (χ2v) is 4.52. The summed E-state index contributed by atoms with van der Waals surface area (Å²) in [5, 5.41) is 5.52. The summed E-state index contributed by atoms with van der Waals surface area (Å²) < 4.78 is 2.03. The first-order chi connectivity index (χ1) is 7.31. The zero-order chi connectivity index (χ0) is 10.7. The van der Waals surface area contributed by atoms with E-state index in [2.05, 4.69) is 11.4 Å². The SMILES string of the molecule is CSCCCn1ncc2ccc(N)cc21. The summed E-state index contributed by atoms with van der Waals surface area (Å²) in [4.78, 5) is 0. The summed E-state index contributed by atoms with van der Waals surface area (Å²) in [6.07, 6.45) is 5.17. The molecule has 3 nitrogen and oxygen atoms in total. The molecule has 2 rings (SSSR count). The molecule has 0 aliphatic rings. The van der Waals surface area contributed by atoms with E-state index >= 15 is 0 Å². The Morgan fingerprint density at radius 2 is 2.33 bits per heavy atom. The van der Waals surface area contributed by atoms with Gasteiger partial charge in [-0.15, -0.1) is 0 Å². The number of benzene rings is 1. The van der Waals surface area contributed by atoms with E-state index in [-0.39, 0.29) is 0 Å². The third-order valence-corrected chi connectivity index (χ3v) is 3.08. The van der Waals surface area contributed by atoms with Crippen LogP contribution in [0.15, 0.2) is 24.4 Å². The summed E-state index contributed by atoms with van der Waals surface area (Å²) in [5.74, 6) is 1.17. The van der Waals surface area contributed by atoms with Gasteiger partial charge in [0.2, 0.25) is 0 Å². The Morgan fingerprint density at radius 1 is 1.47 bits per heavy atom. The van der Waals surface area contributed by atoms with Crippen molar-refractivity contribution in [3.05, 3.63) is 24.4 Å². The predicted molar refractivity (Wildman–Crippen MR) is 67.1 cm³/mol. The van der Waals surface area contributed by atoms with Crippen molar-refractivity contribution in [2.45, 2.75) is 13.0 Å². The van der Waals surface area contributed by atoms with Crippen molar-refractivity contribution in [2.24, 2.45) is 0 Å². The molecule has 4 heteroatoms. The van der Waals surface area contributed by atoms with Crippen LogP contribution in [0.25, 0.3) is 10.9 Å². The number of anilines is 1. The molecule has 1 heterocycles. The number of hydrogen-bond acceptors (Lipinski definition) is 3. The fraction of sp³-hybridized carbons (Fsp3) is 0.364. The van der Waals surface area contributed by atoms with Crippen LogP contribution in [0.5, 0.6) is 0 Å². The molecule has 0 spiro atoms. The molecule has 0 saturated heterocycles. The monoisotopic (exact) mass is 221 g/mol. The van der Waals surface area contributed by atoms with Gasteiger partial charge in [-0.2, -0.15) is 16.9 Å². The molecule has 0 bridgehead atoms. The highest BCUT2D eigenvalue weighted by atomic mass is 32.2. The van der Waals surface area contributed by atoms with E-state index in [1.165, 1.54) is 5.75 Å². The molecule has 15 heavy (non-hydrogen) atoms. The second kappa shape index (κ2) is 4.57. The number of aromatic nitrogens is 2. The van der Waals surface area contributed by atoms with Gasteiger partial charge in [0.15, 0.2) is 0 Å². The highest BCUT2D eigenvalue weighted by molar-refractivity contribution is 7.98.